The molecule has 0 fully saturated rings. The predicted octanol–water partition coefficient (Wildman–Crippen LogP) is 6.37. The van der Waals surface area contributed by atoms with Crippen molar-refractivity contribution in [3.05, 3.63) is 111 Å². The van der Waals surface area contributed by atoms with Gasteiger partial charge in [0.15, 0.2) is 5.78 Å². The Morgan fingerprint density at radius 2 is 1.77 bits per heavy atom. The number of rotatable bonds is 6. The topological polar surface area (TPSA) is 85.0 Å². The molecule has 3 aromatic carbocycles. The SMILES string of the molecule is CCCc1nc(C)n(-c2ccc3c(c2)C(=O)CC(C)(C)O3)c(=O)c1Cc1ccc(-c2ccccc2C#N)cc1. The number of benzene rings is 3. The molecule has 5 rings (SSSR count). The van der Waals surface area contributed by atoms with Crippen LogP contribution in [-0.2, 0) is 12.8 Å². The number of hydrogen-bond donors (Lipinski definition) is 0. The van der Waals surface area contributed by atoms with Crippen molar-refractivity contribution < 1.29 is 9.53 Å². The summed E-state index contributed by atoms with van der Waals surface area (Å²) in [7, 11) is 0. The maximum atomic E-state index is 14.0. The van der Waals surface area contributed by atoms with Gasteiger partial charge in [-0.1, -0.05) is 55.8 Å². The third kappa shape index (κ3) is 5.13. The predicted molar refractivity (Wildman–Crippen MR) is 152 cm³/mol. The highest BCUT2D eigenvalue weighted by Gasteiger charge is 2.32. The number of aromatic nitrogens is 2. The van der Waals surface area contributed by atoms with Crippen molar-refractivity contribution in [3.8, 4) is 28.6 Å². The summed E-state index contributed by atoms with van der Waals surface area (Å²) in [5.41, 5.74) is 5.30. The lowest BCUT2D eigenvalue weighted by Crippen LogP contribution is -2.36. The minimum atomic E-state index is -0.554. The van der Waals surface area contributed by atoms with E-state index >= 15 is 0 Å². The van der Waals surface area contributed by atoms with Crippen LogP contribution < -0.4 is 10.3 Å². The van der Waals surface area contributed by atoms with Crippen LogP contribution in [0.4, 0.5) is 0 Å². The maximum Gasteiger partial charge on any atom is 0.261 e. The molecule has 0 amide bonds. The lowest BCUT2D eigenvalue weighted by atomic mass is 9.93. The molecular weight excluding hydrogens is 486 g/mol. The van der Waals surface area contributed by atoms with Gasteiger partial charge in [-0.3, -0.25) is 14.2 Å². The van der Waals surface area contributed by atoms with Crippen molar-refractivity contribution in [2.24, 2.45) is 0 Å². The second-order valence-corrected chi connectivity index (χ2v) is 10.6. The number of carbonyl (C=O) groups is 1. The van der Waals surface area contributed by atoms with Crippen LogP contribution in [0.1, 0.15) is 72.2 Å². The van der Waals surface area contributed by atoms with E-state index < -0.39 is 5.60 Å². The Morgan fingerprint density at radius 1 is 1.03 bits per heavy atom. The Kier molecular flexibility index (Phi) is 6.93. The van der Waals surface area contributed by atoms with Crippen LogP contribution in [0.25, 0.3) is 16.8 Å². The highest BCUT2D eigenvalue weighted by Crippen LogP contribution is 2.34. The lowest BCUT2D eigenvalue weighted by Gasteiger charge is -2.31. The molecule has 6 heteroatoms. The van der Waals surface area contributed by atoms with Crippen molar-refractivity contribution in [2.75, 3.05) is 0 Å². The van der Waals surface area contributed by atoms with Crippen LogP contribution in [0.2, 0.25) is 0 Å². The quantitative estimate of drug-likeness (QED) is 0.297. The molecular formula is C33H31N3O3. The average molecular weight is 518 g/mol. The number of aryl methyl sites for hydroxylation is 2. The number of nitriles is 1. The average Bonchev–Trinajstić information content (AvgIpc) is 2.91. The first kappa shape index (κ1) is 26.1. The van der Waals surface area contributed by atoms with Crippen LogP contribution >= 0.6 is 0 Å². The fourth-order valence-electron chi connectivity index (χ4n) is 5.26. The first-order valence-electron chi connectivity index (χ1n) is 13.3. The van der Waals surface area contributed by atoms with E-state index in [9.17, 15) is 14.9 Å². The van der Waals surface area contributed by atoms with Gasteiger partial charge < -0.3 is 4.74 Å². The van der Waals surface area contributed by atoms with E-state index in [1.54, 1.807) is 16.7 Å². The molecule has 196 valence electrons. The molecule has 0 saturated carbocycles. The van der Waals surface area contributed by atoms with Crippen LogP contribution in [0.5, 0.6) is 5.75 Å². The number of ether oxygens (including phenoxy) is 1. The molecule has 0 atom stereocenters. The van der Waals surface area contributed by atoms with Gasteiger partial charge in [0, 0.05) is 12.0 Å². The third-order valence-corrected chi connectivity index (χ3v) is 7.10. The number of nitrogens with zero attached hydrogens (tertiary/aromatic N) is 3. The van der Waals surface area contributed by atoms with Crippen molar-refractivity contribution >= 4 is 5.78 Å². The van der Waals surface area contributed by atoms with E-state index in [2.05, 4.69) is 13.0 Å². The van der Waals surface area contributed by atoms with Crippen molar-refractivity contribution in [2.45, 2.75) is 59.0 Å². The third-order valence-electron chi connectivity index (χ3n) is 7.10. The van der Waals surface area contributed by atoms with Crippen LogP contribution in [0.3, 0.4) is 0 Å². The monoisotopic (exact) mass is 517 g/mol. The van der Waals surface area contributed by atoms with Gasteiger partial charge in [-0.15, -0.1) is 0 Å². The van der Waals surface area contributed by atoms with Gasteiger partial charge in [-0.05, 0) is 68.1 Å². The van der Waals surface area contributed by atoms with Gasteiger partial charge in [0.05, 0.1) is 35.0 Å². The normalized spacial score (nSPS) is 13.9. The molecule has 0 bridgehead atoms. The zero-order valence-corrected chi connectivity index (χ0v) is 22.7. The summed E-state index contributed by atoms with van der Waals surface area (Å²) < 4.78 is 7.61. The summed E-state index contributed by atoms with van der Waals surface area (Å²) in [4.78, 5) is 31.7. The molecule has 0 aliphatic carbocycles. The minimum absolute atomic E-state index is 0.00245. The highest BCUT2D eigenvalue weighted by molar-refractivity contribution is 6.00. The summed E-state index contributed by atoms with van der Waals surface area (Å²) in [5.74, 6) is 1.13. The molecule has 1 aromatic heterocycles. The summed E-state index contributed by atoms with van der Waals surface area (Å²) in [6.45, 7) is 7.69. The molecule has 0 N–H and O–H groups in total. The molecule has 0 saturated heterocycles. The molecule has 4 aromatic rings. The van der Waals surface area contributed by atoms with Gasteiger partial charge in [0.1, 0.15) is 17.2 Å². The largest absolute Gasteiger partial charge is 0.487 e. The van der Waals surface area contributed by atoms with Gasteiger partial charge in [-0.2, -0.15) is 5.26 Å². The lowest BCUT2D eigenvalue weighted by molar-refractivity contribution is 0.0620. The van der Waals surface area contributed by atoms with E-state index in [4.69, 9.17) is 9.72 Å². The first-order valence-corrected chi connectivity index (χ1v) is 13.3. The smallest absolute Gasteiger partial charge is 0.261 e. The Morgan fingerprint density at radius 3 is 2.49 bits per heavy atom. The molecule has 0 unspecified atom stereocenters. The Bertz CT molecular complexity index is 1670. The molecule has 0 spiro atoms. The molecule has 2 heterocycles. The Labute approximate surface area is 228 Å². The molecule has 6 nitrogen and oxygen atoms in total. The van der Waals surface area contributed by atoms with Crippen LogP contribution in [-0.4, -0.2) is 20.9 Å². The van der Waals surface area contributed by atoms with E-state index in [0.717, 1.165) is 28.8 Å². The molecule has 1 aliphatic rings. The van der Waals surface area contributed by atoms with E-state index in [-0.39, 0.29) is 17.8 Å². The second-order valence-electron chi connectivity index (χ2n) is 10.6. The van der Waals surface area contributed by atoms with Gasteiger partial charge in [0.25, 0.3) is 5.56 Å². The van der Waals surface area contributed by atoms with Crippen molar-refractivity contribution in [1.82, 2.24) is 9.55 Å². The van der Waals surface area contributed by atoms with Crippen molar-refractivity contribution in [1.29, 1.82) is 5.26 Å². The van der Waals surface area contributed by atoms with Gasteiger partial charge in [0.2, 0.25) is 0 Å². The summed E-state index contributed by atoms with van der Waals surface area (Å²) in [6.07, 6.45) is 2.28. The number of ketones is 1. The summed E-state index contributed by atoms with van der Waals surface area (Å²) in [6, 6.07) is 23.1. The number of Topliss-reactive ketones (excluding diaryl/α,β-unsaturated/α-hetero) is 1. The van der Waals surface area contributed by atoms with Gasteiger partial charge >= 0.3 is 0 Å². The summed E-state index contributed by atoms with van der Waals surface area (Å²) in [5, 5.41) is 9.47. The highest BCUT2D eigenvalue weighted by atomic mass is 16.5. The summed E-state index contributed by atoms with van der Waals surface area (Å²) >= 11 is 0. The number of hydrogen-bond acceptors (Lipinski definition) is 5. The van der Waals surface area contributed by atoms with Crippen molar-refractivity contribution in [3.63, 3.8) is 0 Å². The first-order chi connectivity index (χ1) is 18.7. The fraction of sp³-hybridized carbons (Fsp3) is 0.273. The Balaban J connectivity index is 1.54. The number of carbonyl (C=O) groups excluding carboxylic acids is 1. The Hall–Kier alpha value is -4.50. The second kappa shape index (κ2) is 10.3. The van der Waals surface area contributed by atoms with Gasteiger partial charge in [-0.25, -0.2) is 4.98 Å². The zero-order valence-electron chi connectivity index (χ0n) is 22.7. The van der Waals surface area contributed by atoms with E-state index in [1.165, 1.54) is 0 Å². The standard InChI is InChI=1S/C33H31N3O3/c1-5-8-29-27(17-22-11-13-23(14-12-22)26-10-7-6-9-24(26)20-34)32(38)36(21(2)35-29)25-15-16-31-28(18-25)30(37)19-33(3,4)39-31/h6-7,9-16,18H,5,8,17,19H2,1-4H3. The zero-order chi connectivity index (χ0) is 27.7. The number of fused-ring (bicyclic) bond motifs is 1. The van der Waals surface area contributed by atoms with E-state index in [1.807, 2.05) is 75.4 Å². The molecule has 0 radical (unpaired) electrons. The van der Waals surface area contributed by atoms with Crippen LogP contribution in [0.15, 0.2) is 71.5 Å². The van der Waals surface area contributed by atoms with E-state index in [0.29, 0.717) is 46.8 Å². The maximum absolute atomic E-state index is 14.0. The van der Waals surface area contributed by atoms with Crippen LogP contribution in [0, 0.1) is 18.3 Å². The molecule has 1 aliphatic heterocycles. The minimum Gasteiger partial charge on any atom is -0.487 e. The molecule has 39 heavy (non-hydrogen) atoms. The fourth-order valence-corrected chi connectivity index (χ4v) is 5.26.